The number of carbonyl (C=O) groups excluding carboxylic acids is 2. The van der Waals surface area contributed by atoms with E-state index < -0.39 is 5.41 Å². The molecule has 5 rings (SSSR count). The molecule has 4 aliphatic rings. The van der Waals surface area contributed by atoms with Crippen LogP contribution in [0.2, 0.25) is 0 Å². The molecule has 0 bridgehead atoms. The maximum Gasteiger partial charge on any atom is 0.302 e. The molecule has 0 aromatic heterocycles. The van der Waals surface area contributed by atoms with Gasteiger partial charge in [0, 0.05) is 18.9 Å². The van der Waals surface area contributed by atoms with Crippen LogP contribution in [0.25, 0.3) is 0 Å². The third-order valence-electron chi connectivity index (χ3n) is 9.58. The van der Waals surface area contributed by atoms with Crippen molar-refractivity contribution in [3.63, 3.8) is 0 Å². The zero-order valence-corrected chi connectivity index (χ0v) is 18.7. The molecule has 4 heteroatoms. The van der Waals surface area contributed by atoms with Crippen LogP contribution in [0.15, 0.2) is 12.1 Å². The summed E-state index contributed by atoms with van der Waals surface area (Å²) in [6.45, 7) is 8.02. The third-order valence-corrected chi connectivity index (χ3v) is 9.58. The van der Waals surface area contributed by atoms with Crippen molar-refractivity contribution >= 4 is 11.8 Å². The topological polar surface area (TPSA) is 63.6 Å². The lowest BCUT2D eigenvalue weighted by atomic mass is 9.44. The summed E-state index contributed by atoms with van der Waals surface area (Å²) in [5.74, 6) is 2.17. The molecule has 3 fully saturated rings. The molecule has 0 amide bonds. The minimum Gasteiger partial charge on any atom is -0.508 e. The summed E-state index contributed by atoms with van der Waals surface area (Å²) in [7, 11) is 0. The SMILES string of the molecule is CC(=O)O[C@@H]1CC[C@@]2(C)[C@H](CC[C@@H]3[C@H]2CC(=O)[C@]2(C)c4c(O)cc(C)cc4C[C@@H]32)C1. The number of phenols is 1. The molecule has 3 saturated carbocycles. The second-order valence-electron chi connectivity index (χ2n) is 11.0. The van der Waals surface area contributed by atoms with Gasteiger partial charge in [0.2, 0.25) is 0 Å². The average molecular weight is 411 g/mol. The number of hydrogen-bond donors (Lipinski definition) is 1. The van der Waals surface area contributed by atoms with Gasteiger partial charge in [-0.25, -0.2) is 0 Å². The van der Waals surface area contributed by atoms with E-state index in [1.165, 1.54) is 12.5 Å². The largest absolute Gasteiger partial charge is 0.508 e. The Bertz CT molecular complexity index is 920. The Labute approximate surface area is 179 Å². The zero-order valence-electron chi connectivity index (χ0n) is 18.7. The van der Waals surface area contributed by atoms with Crippen molar-refractivity contribution in [1.29, 1.82) is 0 Å². The van der Waals surface area contributed by atoms with Gasteiger partial charge in [0.05, 0.1) is 5.41 Å². The van der Waals surface area contributed by atoms with Crippen LogP contribution in [0.1, 0.15) is 76.0 Å². The Hall–Kier alpha value is -1.84. The van der Waals surface area contributed by atoms with Crippen LogP contribution in [0.3, 0.4) is 0 Å². The van der Waals surface area contributed by atoms with Crippen molar-refractivity contribution in [3.05, 3.63) is 28.8 Å². The van der Waals surface area contributed by atoms with E-state index in [4.69, 9.17) is 4.74 Å². The standard InChI is InChI=1S/C26H34O4/c1-14-9-16-11-21-19-6-5-17-12-18(30-15(2)27)7-8-25(17,3)20(19)13-23(29)26(21,4)24(16)22(28)10-14/h9-10,17-21,28H,5-8,11-13H2,1-4H3/t17-,18-,19-,20-,21+,25+,26-/m1/s1. The highest BCUT2D eigenvalue weighted by atomic mass is 16.5. The number of ether oxygens (including phenoxy) is 1. The van der Waals surface area contributed by atoms with Crippen LogP contribution in [0.5, 0.6) is 5.75 Å². The number of ketones is 1. The molecule has 0 spiro atoms. The normalized spacial score (nSPS) is 42.0. The van der Waals surface area contributed by atoms with Gasteiger partial charge in [-0.2, -0.15) is 0 Å². The van der Waals surface area contributed by atoms with E-state index in [1.807, 2.05) is 13.0 Å². The summed E-state index contributed by atoms with van der Waals surface area (Å²) in [6.07, 6.45) is 6.74. The van der Waals surface area contributed by atoms with E-state index in [2.05, 4.69) is 19.9 Å². The smallest absolute Gasteiger partial charge is 0.302 e. The number of carbonyl (C=O) groups is 2. The Balaban J connectivity index is 1.48. The van der Waals surface area contributed by atoms with Crippen molar-refractivity contribution in [2.75, 3.05) is 0 Å². The van der Waals surface area contributed by atoms with Crippen LogP contribution in [-0.2, 0) is 26.2 Å². The quantitative estimate of drug-likeness (QED) is 0.671. The molecule has 1 N–H and O–H groups in total. The third kappa shape index (κ3) is 2.64. The van der Waals surface area contributed by atoms with Crippen molar-refractivity contribution in [2.24, 2.45) is 29.1 Å². The summed E-state index contributed by atoms with van der Waals surface area (Å²) in [4.78, 5) is 25.2. The first-order chi connectivity index (χ1) is 14.1. The van der Waals surface area contributed by atoms with Crippen LogP contribution in [0, 0.1) is 36.0 Å². The molecule has 0 heterocycles. The number of aryl methyl sites for hydroxylation is 1. The Kier molecular flexibility index (Phi) is 4.40. The van der Waals surface area contributed by atoms with Gasteiger partial charge in [0.1, 0.15) is 17.6 Å². The molecule has 0 unspecified atom stereocenters. The van der Waals surface area contributed by atoms with Gasteiger partial charge < -0.3 is 9.84 Å². The number of phenolic OH excluding ortho intramolecular Hbond substituents is 1. The van der Waals surface area contributed by atoms with Crippen molar-refractivity contribution < 1.29 is 19.4 Å². The summed E-state index contributed by atoms with van der Waals surface area (Å²) in [5, 5.41) is 10.8. The highest BCUT2D eigenvalue weighted by Crippen LogP contribution is 2.65. The molecule has 1 aromatic carbocycles. The van der Waals surface area contributed by atoms with Gasteiger partial charge in [-0.3, -0.25) is 9.59 Å². The second-order valence-corrected chi connectivity index (χ2v) is 11.0. The lowest BCUT2D eigenvalue weighted by Crippen LogP contribution is -2.57. The minimum absolute atomic E-state index is 0.0392. The number of aromatic hydroxyl groups is 1. The fourth-order valence-corrected chi connectivity index (χ4v) is 8.17. The van der Waals surface area contributed by atoms with Gasteiger partial charge in [-0.1, -0.05) is 13.0 Å². The van der Waals surface area contributed by atoms with E-state index in [9.17, 15) is 14.7 Å². The van der Waals surface area contributed by atoms with E-state index >= 15 is 0 Å². The molecule has 4 nitrogen and oxygen atoms in total. The van der Waals surface area contributed by atoms with Gasteiger partial charge in [-0.15, -0.1) is 0 Å². The number of esters is 1. The number of fused-ring (bicyclic) bond motifs is 7. The summed E-state index contributed by atoms with van der Waals surface area (Å²) in [6, 6.07) is 4.00. The Morgan fingerprint density at radius 2 is 1.90 bits per heavy atom. The summed E-state index contributed by atoms with van der Waals surface area (Å²) < 4.78 is 5.56. The van der Waals surface area contributed by atoms with Crippen LogP contribution in [0.4, 0.5) is 0 Å². The van der Waals surface area contributed by atoms with Crippen molar-refractivity contribution in [3.8, 4) is 5.75 Å². The van der Waals surface area contributed by atoms with Gasteiger partial charge in [0.15, 0.2) is 0 Å². The average Bonchev–Trinajstić information content (AvgIpc) is 2.96. The summed E-state index contributed by atoms with van der Waals surface area (Å²) >= 11 is 0. The number of hydrogen-bond acceptors (Lipinski definition) is 4. The van der Waals surface area contributed by atoms with E-state index in [0.29, 0.717) is 35.7 Å². The number of rotatable bonds is 1. The van der Waals surface area contributed by atoms with Crippen molar-refractivity contribution in [1.82, 2.24) is 0 Å². The molecule has 162 valence electrons. The highest BCUT2D eigenvalue weighted by molar-refractivity contribution is 5.93. The lowest BCUT2D eigenvalue weighted by Gasteiger charge is -2.59. The Morgan fingerprint density at radius 1 is 1.13 bits per heavy atom. The van der Waals surface area contributed by atoms with Crippen LogP contribution < -0.4 is 0 Å². The first-order valence-corrected chi connectivity index (χ1v) is 11.7. The highest BCUT2D eigenvalue weighted by Gasteiger charge is 2.63. The Morgan fingerprint density at radius 3 is 2.63 bits per heavy atom. The molecular weight excluding hydrogens is 376 g/mol. The second kappa shape index (κ2) is 6.58. The molecule has 4 aliphatic carbocycles. The first kappa shape index (κ1) is 20.1. The van der Waals surface area contributed by atoms with Gasteiger partial charge in [0.25, 0.3) is 0 Å². The molecule has 1 aromatic rings. The molecule has 0 saturated heterocycles. The first-order valence-electron chi connectivity index (χ1n) is 11.7. The minimum atomic E-state index is -0.549. The van der Waals surface area contributed by atoms with Crippen LogP contribution in [-0.4, -0.2) is 23.0 Å². The number of benzene rings is 1. The van der Waals surface area contributed by atoms with Gasteiger partial charge in [-0.05, 0) is 98.7 Å². The molecule has 7 atom stereocenters. The predicted molar refractivity (Wildman–Crippen MR) is 114 cm³/mol. The van der Waals surface area contributed by atoms with E-state index in [-0.39, 0.29) is 23.4 Å². The fourth-order valence-electron chi connectivity index (χ4n) is 8.17. The summed E-state index contributed by atoms with van der Waals surface area (Å²) in [5.41, 5.74) is 2.75. The van der Waals surface area contributed by atoms with E-state index in [1.54, 1.807) is 0 Å². The van der Waals surface area contributed by atoms with Gasteiger partial charge >= 0.3 is 5.97 Å². The molecule has 0 radical (unpaired) electrons. The number of Topliss-reactive ketones (excluding diaryl/α,β-unsaturated/α-hetero) is 1. The van der Waals surface area contributed by atoms with Crippen LogP contribution >= 0.6 is 0 Å². The predicted octanol–water partition coefficient (Wildman–Crippen LogP) is 4.87. The molecule has 30 heavy (non-hydrogen) atoms. The lowest BCUT2D eigenvalue weighted by molar-refractivity contribution is -0.160. The maximum atomic E-state index is 13.7. The molecule has 0 aliphatic heterocycles. The monoisotopic (exact) mass is 410 g/mol. The fraction of sp³-hybridized carbons (Fsp3) is 0.692. The zero-order chi connectivity index (χ0) is 21.4. The maximum absolute atomic E-state index is 13.7. The molecular formula is C26H34O4. The van der Waals surface area contributed by atoms with E-state index in [0.717, 1.165) is 49.7 Å². The van der Waals surface area contributed by atoms with Crippen molar-refractivity contribution in [2.45, 2.75) is 84.2 Å².